The first-order chi connectivity index (χ1) is 18.4. The number of aromatic nitrogens is 1. The third-order valence-corrected chi connectivity index (χ3v) is 7.58. The van der Waals surface area contributed by atoms with Crippen molar-refractivity contribution >= 4 is 33.6 Å². The first-order valence-electron chi connectivity index (χ1n) is 12.5. The minimum absolute atomic E-state index is 0.0495. The third-order valence-electron chi connectivity index (χ3n) is 5.80. The van der Waals surface area contributed by atoms with Crippen molar-refractivity contribution in [2.24, 2.45) is 0 Å². The zero-order valence-electron chi connectivity index (χ0n) is 22.3. The number of amides is 2. The van der Waals surface area contributed by atoms with Crippen LogP contribution < -0.4 is 14.9 Å². The van der Waals surface area contributed by atoms with E-state index < -0.39 is 33.9 Å². The third kappa shape index (κ3) is 7.26. The van der Waals surface area contributed by atoms with E-state index in [9.17, 15) is 18.0 Å². The number of hydrogen-bond donors (Lipinski definition) is 2. The van der Waals surface area contributed by atoms with Crippen LogP contribution in [0.4, 0.5) is 21.0 Å². The van der Waals surface area contributed by atoms with Gasteiger partial charge in [0.25, 0.3) is 10.0 Å². The van der Waals surface area contributed by atoms with Crippen molar-refractivity contribution in [3.05, 3.63) is 83.7 Å². The molecule has 0 aliphatic carbocycles. The highest BCUT2D eigenvalue weighted by molar-refractivity contribution is 7.92. The Morgan fingerprint density at radius 3 is 2.49 bits per heavy atom. The Bertz CT molecular complexity index is 1450. The van der Waals surface area contributed by atoms with E-state index in [2.05, 4.69) is 15.6 Å². The largest absolute Gasteiger partial charge is 0.444 e. The van der Waals surface area contributed by atoms with Crippen LogP contribution in [0, 0.1) is 6.92 Å². The molecule has 2 N–H and O–H groups in total. The van der Waals surface area contributed by atoms with Crippen LogP contribution >= 0.6 is 0 Å². The molecule has 2 aromatic carbocycles. The van der Waals surface area contributed by atoms with Crippen LogP contribution in [0.15, 0.2) is 71.8 Å². The average Bonchev–Trinajstić information content (AvgIpc) is 2.86. The Hall–Kier alpha value is -4.12. The topological polar surface area (TPSA) is 127 Å². The second kappa shape index (κ2) is 11.3. The Kier molecular flexibility index (Phi) is 8.10. The van der Waals surface area contributed by atoms with E-state index in [1.807, 2.05) is 30.3 Å². The van der Waals surface area contributed by atoms with E-state index >= 15 is 0 Å². The molecule has 0 unspecified atom stereocenters. The lowest BCUT2D eigenvalue weighted by atomic mass is 10.0. The first-order valence-corrected chi connectivity index (χ1v) is 13.9. The summed E-state index contributed by atoms with van der Waals surface area (Å²) < 4.78 is 39.4. The van der Waals surface area contributed by atoms with E-state index in [-0.39, 0.29) is 30.2 Å². The lowest BCUT2D eigenvalue weighted by molar-refractivity contribution is 0.0505. The van der Waals surface area contributed by atoms with Gasteiger partial charge in [0, 0.05) is 6.42 Å². The van der Waals surface area contributed by atoms with Crippen LogP contribution in [0.2, 0.25) is 0 Å². The van der Waals surface area contributed by atoms with Gasteiger partial charge in [-0.1, -0.05) is 42.5 Å². The number of aryl methyl sites for hydroxylation is 1. The molecule has 206 valence electrons. The van der Waals surface area contributed by atoms with Crippen molar-refractivity contribution < 1.29 is 27.5 Å². The van der Waals surface area contributed by atoms with Crippen molar-refractivity contribution in [3.63, 3.8) is 0 Å². The minimum atomic E-state index is -4.04. The van der Waals surface area contributed by atoms with Gasteiger partial charge < -0.3 is 14.8 Å². The maximum atomic E-state index is 13.8. The summed E-state index contributed by atoms with van der Waals surface area (Å²) in [6.07, 6.45) is 0.348. The molecular formula is C28H32N4O6S. The zero-order valence-corrected chi connectivity index (χ0v) is 23.1. The molecule has 1 aliphatic heterocycles. The number of benzene rings is 2. The molecule has 11 heteroatoms. The number of pyridine rings is 1. The lowest BCUT2D eigenvalue weighted by Gasteiger charge is -2.35. The molecule has 0 saturated carbocycles. The molecule has 39 heavy (non-hydrogen) atoms. The van der Waals surface area contributed by atoms with Crippen LogP contribution in [0.5, 0.6) is 0 Å². The highest BCUT2D eigenvalue weighted by Gasteiger charge is 2.36. The van der Waals surface area contributed by atoms with Crippen LogP contribution in [-0.4, -0.2) is 43.8 Å². The summed E-state index contributed by atoms with van der Waals surface area (Å²) in [6.45, 7) is 7.08. The van der Waals surface area contributed by atoms with Crippen LogP contribution in [-0.2, 0) is 32.5 Å². The maximum Gasteiger partial charge on any atom is 0.412 e. The maximum absolute atomic E-state index is 13.8. The molecule has 3 aromatic rings. The molecule has 4 rings (SSSR count). The number of carbonyl (C=O) groups is 2. The van der Waals surface area contributed by atoms with Crippen molar-refractivity contribution in [2.75, 3.05) is 16.2 Å². The SMILES string of the molecule is Cc1cccc(S(=O)(=O)N2C[C@H](NC(=O)OC(C)(C)C)Cc3ncc(NC(=O)OCc4ccccc4)cc32)c1. The molecule has 2 amide bonds. The lowest BCUT2D eigenvalue weighted by Crippen LogP contribution is -2.51. The molecular weight excluding hydrogens is 520 g/mol. The van der Waals surface area contributed by atoms with Gasteiger partial charge >= 0.3 is 12.2 Å². The standard InChI is InChI=1S/C28H32N4O6S/c1-19-9-8-12-23(13-19)39(35,36)32-17-22(31-27(34)38-28(2,3)4)14-24-25(32)15-21(16-29-24)30-26(33)37-18-20-10-6-5-7-11-20/h5-13,15-16,22H,14,17-18H2,1-4H3,(H,30,33)(H,31,34)/t22-/m1/s1. The number of nitrogens with zero attached hydrogens (tertiary/aromatic N) is 2. The smallest absolute Gasteiger partial charge is 0.412 e. The van der Waals surface area contributed by atoms with Crippen LogP contribution in [0.3, 0.4) is 0 Å². The van der Waals surface area contributed by atoms with Crippen molar-refractivity contribution in [2.45, 2.75) is 57.3 Å². The number of anilines is 2. The highest BCUT2D eigenvalue weighted by Crippen LogP contribution is 2.33. The van der Waals surface area contributed by atoms with Gasteiger partial charge in [-0.25, -0.2) is 18.0 Å². The van der Waals surface area contributed by atoms with E-state index in [0.29, 0.717) is 11.4 Å². The quantitative estimate of drug-likeness (QED) is 0.450. The summed E-state index contributed by atoms with van der Waals surface area (Å²) >= 11 is 0. The van der Waals surface area contributed by atoms with Crippen molar-refractivity contribution in [1.29, 1.82) is 0 Å². The number of carbonyl (C=O) groups excluding carboxylic acids is 2. The number of ether oxygens (including phenoxy) is 2. The number of fused-ring (bicyclic) bond motifs is 1. The van der Waals surface area contributed by atoms with E-state index in [1.165, 1.54) is 16.6 Å². The van der Waals surface area contributed by atoms with Gasteiger partial charge in [0.15, 0.2) is 0 Å². The van der Waals surface area contributed by atoms with Gasteiger partial charge in [-0.3, -0.25) is 14.6 Å². The second-order valence-corrected chi connectivity index (χ2v) is 12.1. The number of nitrogens with one attached hydrogen (secondary N) is 2. The molecule has 0 radical (unpaired) electrons. The molecule has 1 aromatic heterocycles. The van der Waals surface area contributed by atoms with Gasteiger partial charge in [0.2, 0.25) is 0 Å². The predicted octanol–water partition coefficient (Wildman–Crippen LogP) is 4.78. The van der Waals surface area contributed by atoms with Gasteiger partial charge in [-0.15, -0.1) is 0 Å². The molecule has 0 saturated heterocycles. The summed E-state index contributed by atoms with van der Waals surface area (Å²) in [4.78, 5) is 29.4. The molecule has 0 fully saturated rings. The number of rotatable bonds is 6. The number of hydrogen-bond acceptors (Lipinski definition) is 7. The Morgan fingerprint density at radius 2 is 1.79 bits per heavy atom. The van der Waals surface area contributed by atoms with Gasteiger partial charge in [-0.05, 0) is 57.0 Å². The van der Waals surface area contributed by atoms with Crippen LogP contribution in [0.1, 0.15) is 37.6 Å². The van der Waals surface area contributed by atoms with E-state index in [0.717, 1.165) is 11.1 Å². The first kappa shape index (κ1) is 27.9. The normalized spacial score (nSPS) is 15.2. The molecule has 0 bridgehead atoms. The van der Waals surface area contributed by atoms with Gasteiger partial charge in [-0.2, -0.15) is 0 Å². The fraction of sp³-hybridized carbons (Fsp3) is 0.321. The minimum Gasteiger partial charge on any atom is -0.444 e. The fourth-order valence-electron chi connectivity index (χ4n) is 4.10. The Balaban J connectivity index is 1.60. The summed E-state index contributed by atoms with van der Waals surface area (Å²) in [6, 6.07) is 16.8. The average molecular weight is 553 g/mol. The van der Waals surface area contributed by atoms with Gasteiger partial charge in [0.05, 0.1) is 40.7 Å². The second-order valence-electron chi connectivity index (χ2n) is 10.3. The van der Waals surface area contributed by atoms with Crippen molar-refractivity contribution in [1.82, 2.24) is 10.3 Å². The van der Waals surface area contributed by atoms with Gasteiger partial charge in [0.1, 0.15) is 12.2 Å². The number of sulfonamides is 1. The molecule has 1 aliphatic rings. The molecule has 2 heterocycles. The van der Waals surface area contributed by atoms with E-state index in [1.54, 1.807) is 52.0 Å². The predicted molar refractivity (Wildman–Crippen MR) is 147 cm³/mol. The zero-order chi connectivity index (χ0) is 28.2. The molecule has 0 spiro atoms. The summed E-state index contributed by atoms with van der Waals surface area (Å²) in [7, 11) is -4.04. The monoisotopic (exact) mass is 552 g/mol. The molecule has 1 atom stereocenters. The summed E-state index contributed by atoms with van der Waals surface area (Å²) in [5, 5.41) is 5.38. The molecule has 10 nitrogen and oxygen atoms in total. The highest BCUT2D eigenvalue weighted by atomic mass is 32.2. The van der Waals surface area contributed by atoms with Crippen molar-refractivity contribution in [3.8, 4) is 0 Å². The van der Waals surface area contributed by atoms with Crippen LogP contribution in [0.25, 0.3) is 0 Å². The summed E-state index contributed by atoms with van der Waals surface area (Å²) in [5.41, 5.74) is 1.93. The Morgan fingerprint density at radius 1 is 1.05 bits per heavy atom. The summed E-state index contributed by atoms with van der Waals surface area (Å²) in [5.74, 6) is 0. The fourth-order valence-corrected chi connectivity index (χ4v) is 5.73. The Labute approximate surface area is 228 Å². The number of alkyl carbamates (subject to hydrolysis) is 1. The van der Waals surface area contributed by atoms with E-state index in [4.69, 9.17) is 9.47 Å².